The van der Waals surface area contributed by atoms with Gasteiger partial charge in [-0.3, -0.25) is 0 Å². The summed E-state index contributed by atoms with van der Waals surface area (Å²) in [5.74, 6) is 5.30. The van der Waals surface area contributed by atoms with Gasteiger partial charge in [0.1, 0.15) is 6.61 Å². The van der Waals surface area contributed by atoms with Crippen LogP contribution in [-0.2, 0) is 0 Å². The first-order valence-corrected chi connectivity index (χ1v) is 6.03. The minimum absolute atomic E-state index is 0.201. The zero-order chi connectivity index (χ0) is 13.0. The summed E-state index contributed by atoms with van der Waals surface area (Å²) in [6.07, 6.45) is 2.06. The lowest BCUT2D eigenvalue weighted by Crippen LogP contribution is -2.30. The van der Waals surface area contributed by atoms with Crippen LogP contribution in [0.5, 0.6) is 0 Å². The molecule has 0 aliphatic heterocycles. The van der Waals surface area contributed by atoms with E-state index in [0.717, 1.165) is 12.8 Å². The molecule has 3 N–H and O–H groups in total. The highest BCUT2D eigenvalue weighted by molar-refractivity contribution is 6.33. The van der Waals surface area contributed by atoms with Crippen molar-refractivity contribution in [2.75, 3.05) is 11.9 Å². The van der Waals surface area contributed by atoms with Gasteiger partial charge in [-0.05, 0) is 31.0 Å². The third-order valence-electron chi connectivity index (χ3n) is 2.44. The van der Waals surface area contributed by atoms with Gasteiger partial charge in [-0.25, -0.2) is 4.79 Å². The van der Waals surface area contributed by atoms with E-state index in [1.165, 1.54) is 0 Å². The summed E-state index contributed by atoms with van der Waals surface area (Å²) in [6.45, 7) is -0.201. The van der Waals surface area contributed by atoms with Crippen molar-refractivity contribution < 1.29 is 9.90 Å². The zero-order valence-corrected chi connectivity index (χ0v) is 10.4. The number of benzene rings is 1. The van der Waals surface area contributed by atoms with Gasteiger partial charge in [-0.15, -0.1) is 0 Å². The summed E-state index contributed by atoms with van der Waals surface area (Å²) in [7, 11) is 0. The Morgan fingerprint density at radius 1 is 1.50 bits per heavy atom. The lowest BCUT2D eigenvalue weighted by molar-refractivity contribution is 0.251. The van der Waals surface area contributed by atoms with Crippen LogP contribution in [0.15, 0.2) is 18.2 Å². The molecular weight excluding hydrogens is 252 g/mol. The number of hydrogen-bond donors (Lipinski definition) is 3. The smallest absolute Gasteiger partial charge is 0.319 e. The van der Waals surface area contributed by atoms with Gasteiger partial charge in [0, 0.05) is 11.6 Å². The second-order valence-corrected chi connectivity index (χ2v) is 4.43. The monoisotopic (exact) mass is 264 g/mol. The Bertz CT molecular complexity index is 515. The van der Waals surface area contributed by atoms with Crippen molar-refractivity contribution >= 4 is 23.3 Å². The Balaban J connectivity index is 2.07. The molecule has 1 aromatic carbocycles. The van der Waals surface area contributed by atoms with Crippen LogP contribution in [-0.4, -0.2) is 23.8 Å². The SMILES string of the molecule is O=C(Nc1cc(C#CCO)ccc1Cl)NC1CC1. The third-order valence-corrected chi connectivity index (χ3v) is 2.77. The van der Waals surface area contributed by atoms with Crippen LogP contribution in [0.1, 0.15) is 18.4 Å². The topological polar surface area (TPSA) is 61.4 Å². The van der Waals surface area contributed by atoms with Gasteiger partial charge in [0.15, 0.2) is 0 Å². The first-order chi connectivity index (χ1) is 8.69. The van der Waals surface area contributed by atoms with E-state index in [9.17, 15) is 4.79 Å². The lowest BCUT2D eigenvalue weighted by Gasteiger charge is -2.08. The molecule has 0 spiro atoms. The van der Waals surface area contributed by atoms with Gasteiger partial charge in [0.25, 0.3) is 0 Å². The van der Waals surface area contributed by atoms with Crippen LogP contribution in [0.2, 0.25) is 5.02 Å². The molecule has 1 fully saturated rings. The maximum absolute atomic E-state index is 11.6. The zero-order valence-electron chi connectivity index (χ0n) is 9.66. The fraction of sp³-hybridized carbons (Fsp3) is 0.308. The van der Waals surface area contributed by atoms with E-state index >= 15 is 0 Å². The molecule has 2 amide bonds. The molecule has 1 saturated carbocycles. The second kappa shape index (κ2) is 5.76. The molecule has 0 radical (unpaired) electrons. The van der Waals surface area contributed by atoms with Crippen LogP contribution in [0.25, 0.3) is 0 Å². The first-order valence-electron chi connectivity index (χ1n) is 5.66. The molecule has 0 atom stereocenters. The Kier molecular flexibility index (Phi) is 4.08. The number of rotatable bonds is 2. The van der Waals surface area contributed by atoms with Crippen LogP contribution >= 0.6 is 11.6 Å². The molecule has 5 heteroatoms. The normalized spacial score (nSPS) is 13.4. The number of aliphatic hydroxyl groups is 1. The van der Waals surface area contributed by atoms with Crippen molar-refractivity contribution in [3.05, 3.63) is 28.8 Å². The Morgan fingerprint density at radius 2 is 2.28 bits per heavy atom. The van der Waals surface area contributed by atoms with E-state index in [2.05, 4.69) is 22.5 Å². The molecule has 1 aromatic rings. The molecule has 0 unspecified atom stereocenters. The van der Waals surface area contributed by atoms with E-state index in [0.29, 0.717) is 22.3 Å². The third kappa shape index (κ3) is 3.66. The molecule has 1 aliphatic rings. The number of amides is 2. The van der Waals surface area contributed by atoms with Gasteiger partial charge in [-0.2, -0.15) is 0 Å². The van der Waals surface area contributed by atoms with Crippen molar-refractivity contribution in [3.63, 3.8) is 0 Å². The summed E-state index contributed by atoms with van der Waals surface area (Å²) >= 11 is 5.99. The number of nitrogens with one attached hydrogen (secondary N) is 2. The number of aliphatic hydroxyl groups excluding tert-OH is 1. The average Bonchev–Trinajstić information content (AvgIpc) is 3.14. The summed E-state index contributed by atoms with van der Waals surface area (Å²) in [6, 6.07) is 5.11. The summed E-state index contributed by atoms with van der Waals surface area (Å²) in [5, 5.41) is 14.6. The maximum atomic E-state index is 11.6. The molecule has 0 heterocycles. The maximum Gasteiger partial charge on any atom is 0.319 e. The molecule has 94 valence electrons. The van der Waals surface area contributed by atoms with E-state index in [-0.39, 0.29) is 12.6 Å². The Morgan fingerprint density at radius 3 is 2.94 bits per heavy atom. The van der Waals surface area contributed by atoms with E-state index in [1.807, 2.05) is 0 Å². The standard InChI is InChI=1S/C13H13ClN2O2/c14-11-6-3-9(2-1-7-17)8-12(11)16-13(18)15-10-4-5-10/h3,6,8,10,17H,4-5,7H2,(H2,15,16,18). The predicted molar refractivity (Wildman–Crippen MR) is 70.6 cm³/mol. The van der Waals surface area contributed by atoms with Crippen molar-refractivity contribution in [2.45, 2.75) is 18.9 Å². The van der Waals surface area contributed by atoms with Crippen LogP contribution in [0.4, 0.5) is 10.5 Å². The Labute approximate surface area is 110 Å². The highest BCUT2D eigenvalue weighted by Gasteiger charge is 2.23. The quantitative estimate of drug-likeness (QED) is 0.715. The number of carbonyl (C=O) groups is 1. The van der Waals surface area contributed by atoms with Gasteiger partial charge in [-0.1, -0.05) is 23.4 Å². The van der Waals surface area contributed by atoms with Gasteiger partial charge in [0.05, 0.1) is 10.7 Å². The summed E-state index contributed by atoms with van der Waals surface area (Å²) in [4.78, 5) is 11.6. The minimum atomic E-state index is -0.258. The van der Waals surface area contributed by atoms with E-state index in [1.54, 1.807) is 18.2 Å². The fourth-order valence-electron chi connectivity index (χ4n) is 1.41. The molecule has 18 heavy (non-hydrogen) atoms. The highest BCUT2D eigenvalue weighted by atomic mass is 35.5. The molecule has 0 aromatic heterocycles. The molecule has 2 rings (SSSR count). The number of anilines is 1. The number of carbonyl (C=O) groups excluding carboxylic acids is 1. The molecule has 1 aliphatic carbocycles. The first kappa shape index (κ1) is 12.7. The fourth-order valence-corrected chi connectivity index (χ4v) is 1.58. The summed E-state index contributed by atoms with van der Waals surface area (Å²) in [5.41, 5.74) is 1.20. The number of halogens is 1. The molecule has 0 saturated heterocycles. The lowest BCUT2D eigenvalue weighted by atomic mass is 10.2. The highest BCUT2D eigenvalue weighted by Crippen LogP contribution is 2.23. The van der Waals surface area contributed by atoms with E-state index < -0.39 is 0 Å². The van der Waals surface area contributed by atoms with Crippen molar-refractivity contribution in [3.8, 4) is 11.8 Å². The van der Waals surface area contributed by atoms with Crippen LogP contribution in [0.3, 0.4) is 0 Å². The largest absolute Gasteiger partial charge is 0.384 e. The van der Waals surface area contributed by atoms with Crippen LogP contribution in [0, 0.1) is 11.8 Å². The van der Waals surface area contributed by atoms with Gasteiger partial charge < -0.3 is 15.7 Å². The Hall–Kier alpha value is -1.70. The molecule has 0 bridgehead atoms. The number of hydrogen-bond acceptors (Lipinski definition) is 2. The molecular formula is C13H13ClN2O2. The van der Waals surface area contributed by atoms with Gasteiger partial charge >= 0.3 is 6.03 Å². The molecule has 4 nitrogen and oxygen atoms in total. The minimum Gasteiger partial charge on any atom is -0.384 e. The predicted octanol–water partition coefficient (Wildman–Crippen LogP) is 1.97. The van der Waals surface area contributed by atoms with Crippen LogP contribution < -0.4 is 10.6 Å². The summed E-state index contributed by atoms with van der Waals surface area (Å²) < 4.78 is 0. The van der Waals surface area contributed by atoms with Crippen molar-refractivity contribution in [1.29, 1.82) is 0 Å². The second-order valence-electron chi connectivity index (χ2n) is 4.03. The average molecular weight is 265 g/mol. The van der Waals surface area contributed by atoms with Crippen molar-refractivity contribution in [1.82, 2.24) is 5.32 Å². The van der Waals surface area contributed by atoms with E-state index in [4.69, 9.17) is 16.7 Å². The van der Waals surface area contributed by atoms with Crippen molar-refractivity contribution in [2.24, 2.45) is 0 Å². The van der Waals surface area contributed by atoms with Gasteiger partial charge in [0.2, 0.25) is 0 Å². The number of urea groups is 1.